The third kappa shape index (κ3) is 2.42. The van der Waals surface area contributed by atoms with E-state index >= 15 is 0 Å². The van der Waals surface area contributed by atoms with Gasteiger partial charge in [0, 0.05) is 26.2 Å². The van der Waals surface area contributed by atoms with Gasteiger partial charge in [0.2, 0.25) is 10.0 Å². The van der Waals surface area contributed by atoms with E-state index in [0.717, 1.165) is 31.5 Å². The zero-order chi connectivity index (χ0) is 13.5. The topological polar surface area (TPSA) is 49.4 Å². The maximum absolute atomic E-state index is 12.6. The average Bonchev–Trinajstić information content (AvgIpc) is 2.85. The fourth-order valence-electron chi connectivity index (χ4n) is 2.95. The van der Waals surface area contributed by atoms with Crippen molar-refractivity contribution in [3.63, 3.8) is 0 Å². The normalized spacial score (nSPS) is 24.4. The van der Waals surface area contributed by atoms with Gasteiger partial charge in [-0.05, 0) is 42.0 Å². The van der Waals surface area contributed by atoms with Crippen molar-refractivity contribution in [2.45, 2.75) is 37.8 Å². The van der Waals surface area contributed by atoms with Gasteiger partial charge in [-0.2, -0.15) is 4.31 Å². The predicted molar refractivity (Wildman–Crippen MR) is 74.1 cm³/mol. The number of rotatable bonds is 2. The highest BCUT2D eigenvalue weighted by Crippen LogP contribution is 2.26. The molecular weight excluding hydrogens is 260 g/mol. The smallest absolute Gasteiger partial charge is 0.243 e. The number of benzene rings is 1. The van der Waals surface area contributed by atoms with Crippen LogP contribution in [-0.4, -0.2) is 25.8 Å². The minimum atomic E-state index is -3.31. The van der Waals surface area contributed by atoms with Crippen LogP contribution in [0.1, 0.15) is 30.9 Å². The van der Waals surface area contributed by atoms with E-state index in [4.69, 9.17) is 0 Å². The number of sulfonamides is 1. The molecule has 0 saturated carbocycles. The minimum absolute atomic E-state index is 0.448. The second-order valence-corrected chi connectivity index (χ2v) is 7.58. The van der Waals surface area contributed by atoms with Crippen molar-refractivity contribution in [3.8, 4) is 0 Å². The summed E-state index contributed by atoms with van der Waals surface area (Å²) in [4.78, 5) is 0.448. The summed E-state index contributed by atoms with van der Waals surface area (Å²) in [6, 6.07) is 5.53. The number of nitrogens with one attached hydrogen (secondary N) is 1. The molecule has 104 valence electrons. The lowest BCUT2D eigenvalue weighted by Crippen LogP contribution is -2.39. The Morgan fingerprint density at radius 1 is 1.26 bits per heavy atom. The Labute approximate surface area is 114 Å². The molecule has 1 aromatic carbocycles. The fourth-order valence-corrected chi connectivity index (χ4v) is 4.59. The molecule has 1 aromatic rings. The number of hydrogen-bond donors (Lipinski definition) is 1. The summed E-state index contributed by atoms with van der Waals surface area (Å²) < 4.78 is 26.9. The first-order chi connectivity index (χ1) is 9.07. The molecule has 5 heteroatoms. The summed E-state index contributed by atoms with van der Waals surface area (Å²) in [5, 5.41) is 3.24. The van der Waals surface area contributed by atoms with Crippen molar-refractivity contribution in [2.75, 3.05) is 13.1 Å². The van der Waals surface area contributed by atoms with E-state index in [-0.39, 0.29) is 0 Å². The molecule has 19 heavy (non-hydrogen) atoms. The van der Waals surface area contributed by atoms with Crippen molar-refractivity contribution in [3.05, 3.63) is 29.3 Å². The van der Waals surface area contributed by atoms with Crippen molar-refractivity contribution >= 4 is 10.0 Å². The van der Waals surface area contributed by atoms with E-state index in [1.54, 1.807) is 10.4 Å². The van der Waals surface area contributed by atoms with Crippen LogP contribution in [0.3, 0.4) is 0 Å². The third-order valence-electron chi connectivity index (χ3n) is 4.07. The molecule has 0 aliphatic carbocycles. The molecule has 0 spiro atoms. The molecule has 0 bridgehead atoms. The van der Waals surface area contributed by atoms with Crippen LogP contribution in [0.4, 0.5) is 0 Å². The number of fused-ring (bicyclic) bond motifs is 1. The monoisotopic (exact) mass is 280 g/mol. The summed E-state index contributed by atoms with van der Waals surface area (Å²) in [5.74, 6) is 0.458. The zero-order valence-electron chi connectivity index (χ0n) is 11.2. The maximum Gasteiger partial charge on any atom is 0.243 e. The highest BCUT2D eigenvalue weighted by Gasteiger charge is 2.29. The SMILES string of the molecule is CC1CCCN(S(=O)(=O)c2ccc3c(c2)CNC3)C1. The molecule has 2 heterocycles. The molecule has 2 aliphatic rings. The van der Waals surface area contributed by atoms with Gasteiger partial charge in [-0.3, -0.25) is 0 Å². The Hall–Kier alpha value is -0.910. The Bertz CT molecular complexity index is 583. The van der Waals surface area contributed by atoms with E-state index in [1.165, 1.54) is 5.56 Å². The van der Waals surface area contributed by atoms with E-state index in [2.05, 4.69) is 12.2 Å². The zero-order valence-corrected chi connectivity index (χ0v) is 12.0. The molecule has 2 aliphatic heterocycles. The summed E-state index contributed by atoms with van der Waals surface area (Å²) in [7, 11) is -3.31. The third-order valence-corrected chi connectivity index (χ3v) is 5.93. The van der Waals surface area contributed by atoms with E-state index in [0.29, 0.717) is 23.9 Å². The number of piperidine rings is 1. The van der Waals surface area contributed by atoms with Gasteiger partial charge in [-0.1, -0.05) is 13.0 Å². The van der Waals surface area contributed by atoms with E-state index < -0.39 is 10.0 Å². The van der Waals surface area contributed by atoms with Gasteiger partial charge in [0.25, 0.3) is 0 Å². The fraction of sp³-hybridized carbons (Fsp3) is 0.571. The number of hydrogen-bond acceptors (Lipinski definition) is 3. The Morgan fingerprint density at radius 3 is 2.84 bits per heavy atom. The first-order valence-corrected chi connectivity index (χ1v) is 8.34. The second kappa shape index (κ2) is 4.89. The minimum Gasteiger partial charge on any atom is -0.309 e. The number of nitrogens with zero attached hydrogens (tertiary/aromatic N) is 1. The quantitative estimate of drug-likeness (QED) is 0.897. The van der Waals surface area contributed by atoms with Crippen molar-refractivity contribution in [1.29, 1.82) is 0 Å². The van der Waals surface area contributed by atoms with Crippen LogP contribution < -0.4 is 5.32 Å². The van der Waals surface area contributed by atoms with Crippen LogP contribution in [0.15, 0.2) is 23.1 Å². The maximum atomic E-state index is 12.6. The molecule has 1 unspecified atom stereocenters. The molecule has 0 amide bonds. The van der Waals surface area contributed by atoms with E-state index in [1.807, 2.05) is 12.1 Å². The summed E-state index contributed by atoms with van der Waals surface area (Å²) in [6.07, 6.45) is 2.09. The summed E-state index contributed by atoms with van der Waals surface area (Å²) in [5.41, 5.74) is 2.33. The largest absolute Gasteiger partial charge is 0.309 e. The van der Waals surface area contributed by atoms with Crippen LogP contribution in [0.25, 0.3) is 0 Å². The van der Waals surface area contributed by atoms with Crippen LogP contribution in [-0.2, 0) is 23.1 Å². The van der Waals surface area contributed by atoms with Crippen molar-refractivity contribution in [1.82, 2.24) is 9.62 Å². The van der Waals surface area contributed by atoms with Crippen molar-refractivity contribution in [2.24, 2.45) is 5.92 Å². The first-order valence-electron chi connectivity index (χ1n) is 6.90. The standard InChI is InChI=1S/C14H20N2O2S/c1-11-3-2-6-16(10-11)19(17,18)14-5-4-12-8-15-9-13(12)7-14/h4-5,7,11,15H,2-3,6,8-10H2,1H3. The van der Waals surface area contributed by atoms with Gasteiger partial charge in [0.15, 0.2) is 0 Å². The first kappa shape index (κ1) is 13.1. The van der Waals surface area contributed by atoms with Crippen LogP contribution in [0.5, 0.6) is 0 Å². The molecule has 3 rings (SSSR count). The van der Waals surface area contributed by atoms with Gasteiger partial charge in [0.1, 0.15) is 0 Å². The van der Waals surface area contributed by atoms with Crippen LogP contribution >= 0.6 is 0 Å². The van der Waals surface area contributed by atoms with E-state index in [9.17, 15) is 8.42 Å². The Morgan fingerprint density at radius 2 is 2.05 bits per heavy atom. The Balaban J connectivity index is 1.91. The predicted octanol–water partition coefficient (Wildman–Crippen LogP) is 1.71. The second-order valence-electron chi connectivity index (χ2n) is 5.64. The van der Waals surface area contributed by atoms with Gasteiger partial charge >= 0.3 is 0 Å². The van der Waals surface area contributed by atoms with Crippen LogP contribution in [0.2, 0.25) is 0 Å². The lowest BCUT2D eigenvalue weighted by atomic mass is 10.0. The van der Waals surface area contributed by atoms with Crippen molar-refractivity contribution < 1.29 is 8.42 Å². The van der Waals surface area contributed by atoms with Gasteiger partial charge < -0.3 is 5.32 Å². The van der Waals surface area contributed by atoms with Gasteiger partial charge in [0.05, 0.1) is 4.90 Å². The highest BCUT2D eigenvalue weighted by atomic mass is 32.2. The molecule has 0 aromatic heterocycles. The Kier molecular flexibility index (Phi) is 3.37. The lowest BCUT2D eigenvalue weighted by molar-refractivity contribution is 0.281. The molecule has 0 radical (unpaired) electrons. The average molecular weight is 280 g/mol. The molecule has 1 saturated heterocycles. The van der Waals surface area contributed by atoms with Crippen LogP contribution in [0, 0.1) is 5.92 Å². The van der Waals surface area contributed by atoms with Gasteiger partial charge in [-0.15, -0.1) is 0 Å². The molecular formula is C14H20N2O2S. The molecule has 1 atom stereocenters. The van der Waals surface area contributed by atoms with Gasteiger partial charge in [-0.25, -0.2) is 8.42 Å². The molecule has 1 N–H and O–H groups in total. The molecule has 4 nitrogen and oxygen atoms in total. The summed E-state index contributed by atoms with van der Waals surface area (Å²) in [6.45, 7) is 5.04. The highest BCUT2D eigenvalue weighted by molar-refractivity contribution is 7.89. The lowest BCUT2D eigenvalue weighted by Gasteiger charge is -2.30. The summed E-state index contributed by atoms with van der Waals surface area (Å²) >= 11 is 0. The molecule has 1 fully saturated rings.